The molecule has 1 aliphatic rings. The number of hydrogen-bond donors (Lipinski definition) is 2. The second kappa shape index (κ2) is 9.24. The summed E-state index contributed by atoms with van der Waals surface area (Å²) >= 11 is 1.07. The largest absolute Gasteiger partial charge is 0.278 e. The van der Waals surface area contributed by atoms with Crippen molar-refractivity contribution in [1.82, 2.24) is 10.2 Å². The highest BCUT2D eigenvalue weighted by Crippen LogP contribution is 2.37. The molecule has 7 nitrogen and oxygen atoms in total. The Morgan fingerprint density at radius 1 is 0.941 bits per heavy atom. The number of anilines is 1. The van der Waals surface area contributed by atoms with Crippen molar-refractivity contribution in [3.63, 3.8) is 0 Å². The summed E-state index contributed by atoms with van der Waals surface area (Å²) in [4.78, 5) is 14.8. The fraction of sp³-hybridized carbons (Fsp3) is 0. The maximum absolute atomic E-state index is 13.3. The molecule has 0 saturated carbocycles. The molecule has 166 valence electrons. The lowest BCUT2D eigenvalue weighted by Crippen LogP contribution is -2.27. The molecule has 0 spiro atoms. The van der Waals surface area contributed by atoms with Crippen LogP contribution >= 0.6 is 11.8 Å². The normalized spacial score (nSPS) is 15.1. The van der Waals surface area contributed by atoms with Gasteiger partial charge in [-0.05, 0) is 78.5 Å². The zero-order valence-corrected chi connectivity index (χ0v) is 18.5. The van der Waals surface area contributed by atoms with Crippen LogP contribution in [0.25, 0.3) is 17.3 Å². The molecular weight excluding hydrogens is 451 g/mol. The van der Waals surface area contributed by atoms with Crippen LogP contribution in [0.2, 0.25) is 0 Å². The molecule has 2 heterocycles. The molecule has 4 aromatic rings. The predicted molar refractivity (Wildman–Crippen MR) is 132 cm³/mol. The monoisotopic (exact) mass is 468 g/mol. The van der Waals surface area contributed by atoms with E-state index in [2.05, 4.69) is 20.4 Å². The summed E-state index contributed by atoms with van der Waals surface area (Å²) < 4.78 is 13.3. The van der Waals surface area contributed by atoms with Gasteiger partial charge in [-0.2, -0.15) is 15.3 Å². The molecule has 0 unspecified atom stereocenters. The number of benzene rings is 3. The minimum absolute atomic E-state index is 0.0988. The van der Waals surface area contributed by atoms with Gasteiger partial charge in [-0.25, -0.2) is 4.39 Å². The van der Waals surface area contributed by atoms with Crippen LogP contribution in [0.15, 0.2) is 100 Å². The van der Waals surface area contributed by atoms with E-state index in [1.165, 1.54) is 17.0 Å². The molecule has 1 aromatic heterocycles. The van der Waals surface area contributed by atoms with Gasteiger partial charge in [-0.15, -0.1) is 0 Å². The molecule has 1 fully saturated rings. The van der Waals surface area contributed by atoms with E-state index in [9.17, 15) is 9.18 Å². The molecule has 1 saturated heterocycles. The Bertz CT molecular complexity index is 1410. The van der Waals surface area contributed by atoms with Gasteiger partial charge in [0.05, 0.1) is 33.9 Å². The summed E-state index contributed by atoms with van der Waals surface area (Å²) in [6.45, 7) is 0. The number of rotatable bonds is 5. The SMILES string of the molecule is N=C1S/C(=C\c2cn[nH]c2-c2ccc(F)cc2)C(=O)N1c1ccc(N=Nc2ccccc2)cc1. The number of carbonyl (C=O) groups excluding carboxylic acids is 1. The third-order valence-corrected chi connectivity index (χ3v) is 5.95. The van der Waals surface area contributed by atoms with Crippen LogP contribution in [0, 0.1) is 11.2 Å². The first-order valence-electron chi connectivity index (χ1n) is 10.3. The Labute approximate surface area is 198 Å². The summed E-state index contributed by atoms with van der Waals surface area (Å²) in [5, 5.41) is 23.8. The quantitative estimate of drug-likeness (QED) is 0.252. The van der Waals surface area contributed by atoms with E-state index >= 15 is 0 Å². The van der Waals surface area contributed by atoms with Crippen LogP contribution < -0.4 is 4.90 Å². The molecule has 0 radical (unpaired) electrons. The van der Waals surface area contributed by atoms with Gasteiger partial charge in [0.1, 0.15) is 5.82 Å². The molecule has 0 atom stereocenters. The van der Waals surface area contributed by atoms with Crippen LogP contribution in [-0.2, 0) is 4.79 Å². The maximum Gasteiger partial charge on any atom is 0.271 e. The summed E-state index contributed by atoms with van der Waals surface area (Å²) in [5.41, 5.74) is 4.03. The average molecular weight is 469 g/mol. The number of azo groups is 1. The predicted octanol–water partition coefficient (Wildman–Crippen LogP) is 6.69. The van der Waals surface area contributed by atoms with E-state index in [1.54, 1.807) is 48.7 Å². The van der Waals surface area contributed by atoms with Crippen molar-refractivity contribution in [2.45, 2.75) is 0 Å². The molecule has 0 aliphatic carbocycles. The maximum atomic E-state index is 13.3. The Kier molecular flexibility index (Phi) is 5.84. The second-order valence-corrected chi connectivity index (χ2v) is 8.35. The van der Waals surface area contributed by atoms with Gasteiger partial charge < -0.3 is 0 Å². The third kappa shape index (κ3) is 4.41. The van der Waals surface area contributed by atoms with Crippen molar-refractivity contribution < 1.29 is 9.18 Å². The number of H-pyrrole nitrogens is 1. The van der Waals surface area contributed by atoms with E-state index in [-0.39, 0.29) is 16.9 Å². The fourth-order valence-corrected chi connectivity index (χ4v) is 4.25. The highest BCUT2D eigenvalue weighted by molar-refractivity contribution is 8.19. The topological polar surface area (TPSA) is 97.6 Å². The van der Waals surface area contributed by atoms with Gasteiger partial charge in [0, 0.05) is 11.1 Å². The van der Waals surface area contributed by atoms with Crippen molar-refractivity contribution in [2.75, 3.05) is 4.90 Å². The van der Waals surface area contributed by atoms with Crippen LogP contribution in [-0.4, -0.2) is 21.3 Å². The highest BCUT2D eigenvalue weighted by Gasteiger charge is 2.33. The first-order chi connectivity index (χ1) is 16.6. The van der Waals surface area contributed by atoms with Crippen LogP contribution in [0.5, 0.6) is 0 Å². The van der Waals surface area contributed by atoms with Gasteiger partial charge in [0.2, 0.25) is 0 Å². The Hall–Kier alpha value is -4.37. The zero-order chi connectivity index (χ0) is 23.5. The van der Waals surface area contributed by atoms with Gasteiger partial charge in [-0.3, -0.25) is 20.2 Å². The lowest BCUT2D eigenvalue weighted by molar-refractivity contribution is -0.113. The lowest BCUT2D eigenvalue weighted by atomic mass is 10.1. The molecule has 9 heteroatoms. The van der Waals surface area contributed by atoms with Gasteiger partial charge >= 0.3 is 0 Å². The number of amides is 1. The number of carbonyl (C=O) groups is 1. The lowest BCUT2D eigenvalue weighted by Gasteiger charge is -2.14. The number of hydrogen-bond acceptors (Lipinski definition) is 6. The summed E-state index contributed by atoms with van der Waals surface area (Å²) in [6, 6.07) is 22.4. The minimum Gasteiger partial charge on any atom is -0.278 e. The third-order valence-electron chi connectivity index (χ3n) is 5.06. The molecule has 2 N–H and O–H groups in total. The van der Waals surface area contributed by atoms with Gasteiger partial charge in [-0.1, -0.05) is 18.2 Å². The van der Waals surface area contributed by atoms with Crippen molar-refractivity contribution in [1.29, 1.82) is 5.41 Å². The summed E-state index contributed by atoms with van der Waals surface area (Å²) in [7, 11) is 0. The first-order valence-corrected chi connectivity index (χ1v) is 11.1. The standard InChI is InChI=1S/C25H17FN6OS/c26-18-8-6-16(7-9-18)23-17(15-28-31-23)14-22-24(33)32(25(27)34-22)21-12-10-20(11-13-21)30-29-19-4-2-1-3-5-19/h1-15,27H,(H,28,31)/b22-14-,27-25?,30-29?. The van der Waals surface area contributed by atoms with E-state index in [1.807, 2.05) is 30.3 Å². The van der Waals surface area contributed by atoms with Crippen molar-refractivity contribution in [3.05, 3.63) is 101 Å². The number of amidine groups is 1. The number of aromatic amines is 1. The molecule has 34 heavy (non-hydrogen) atoms. The number of thioether (sulfide) groups is 1. The van der Waals surface area contributed by atoms with Crippen LogP contribution in [0.3, 0.4) is 0 Å². The van der Waals surface area contributed by atoms with Gasteiger partial charge in [0.25, 0.3) is 5.91 Å². The fourth-order valence-electron chi connectivity index (χ4n) is 3.39. The zero-order valence-electron chi connectivity index (χ0n) is 17.6. The Balaban J connectivity index is 1.36. The molecule has 5 rings (SSSR count). The minimum atomic E-state index is -0.332. The van der Waals surface area contributed by atoms with E-state index < -0.39 is 0 Å². The van der Waals surface area contributed by atoms with E-state index in [0.29, 0.717) is 27.5 Å². The highest BCUT2D eigenvalue weighted by atomic mass is 32.2. The first kappa shape index (κ1) is 21.5. The number of nitrogens with one attached hydrogen (secondary N) is 2. The second-order valence-electron chi connectivity index (χ2n) is 7.32. The van der Waals surface area contributed by atoms with E-state index in [0.717, 1.165) is 23.0 Å². The van der Waals surface area contributed by atoms with E-state index in [4.69, 9.17) is 5.41 Å². The molecule has 1 aliphatic heterocycles. The molecule has 1 amide bonds. The molecular formula is C25H17FN6OS. The van der Waals surface area contributed by atoms with Gasteiger partial charge in [0.15, 0.2) is 5.17 Å². The Morgan fingerprint density at radius 3 is 2.32 bits per heavy atom. The average Bonchev–Trinajstić information content (AvgIpc) is 3.43. The summed E-state index contributed by atoms with van der Waals surface area (Å²) in [6.07, 6.45) is 3.28. The van der Waals surface area contributed by atoms with Crippen LogP contribution in [0.1, 0.15) is 5.56 Å². The summed E-state index contributed by atoms with van der Waals surface area (Å²) in [5.74, 6) is -0.638. The van der Waals surface area contributed by atoms with Crippen molar-refractivity contribution in [2.24, 2.45) is 10.2 Å². The van der Waals surface area contributed by atoms with Crippen molar-refractivity contribution in [3.8, 4) is 11.3 Å². The Morgan fingerprint density at radius 2 is 1.62 bits per heavy atom. The number of halogens is 1. The van der Waals surface area contributed by atoms with Crippen molar-refractivity contribution >= 4 is 46.0 Å². The molecule has 3 aromatic carbocycles. The number of nitrogens with zero attached hydrogens (tertiary/aromatic N) is 4. The number of aromatic nitrogens is 2. The smallest absolute Gasteiger partial charge is 0.271 e. The molecule has 0 bridgehead atoms. The van der Waals surface area contributed by atoms with Crippen LogP contribution in [0.4, 0.5) is 21.5 Å².